The van der Waals surface area contributed by atoms with E-state index in [1.807, 2.05) is 12.3 Å². The van der Waals surface area contributed by atoms with E-state index in [2.05, 4.69) is 0 Å². The van der Waals surface area contributed by atoms with Crippen molar-refractivity contribution >= 4 is 34.2 Å². The predicted molar refractivity (Wildman–Crippen MR) is 81.4 cm³/mol. The number of sulfonamides is 1. The molecule has 19 heavy (non-hydrogen) atoms. The number of nitrogens with zero attached hydrogens (tertiary/aromatic N) is 1. The van der Waals surface area contributed by atoms with Gasteiger partial charge in [-0.1, -0.05) is 6.07 Å². The molecule has 108 valence electrons. The van der Waals surface area contributed by atoms with Gasteiger partial charge in [-0.3, -0.25) is 0 Å². The molecule has 0 aliphatic carbocycles. The van der Waals surface area contributed by atoms with Gasteiger partial charge in [-0.15, -0.1) is 24.2 Å². The first-order valence-corrected chi connectivity index (χ1v) is 8.60. The van der Waals surface area contributed by atoms with E-state index in [9.17, 15) is 8.42 Å². The zero-order valence-electron chi connectivity index (χ0n) is 10.8. The monoisotopic (exact) mass is 322 g/mol. The number of nitrogens with two attached hydrogens (primary N) is 1. The molecule has 1 atom stereocenters. The van der Waals surface area contributed by atoms with Gasteiger partial charge in [0.2, 0.25) is 10.0 Å². The summed E-state index contributed by atoms with van der Waals surface area (Å²) in [5.41, 5.74) is 5.85. The lowest BCUT2D eigenvalue weighted by Gasteiger charge is -2.29. The van der Waals surface area contributed by atoms with Crippen LogP contribution in [0.4, 0.5) is 0 Å². The Morgan fingerprint density at radius 3 is 2.79 bits per heavy atom. The van der Waals surface area contributed by atoms with E-state index < -0.39 is 10.0 Å². The zero-order chi connectivity index (χ0) is 13.2. The summed E-state index contributed by atoms with van der Waals surface area (Å²) in [5, 5.41) is 0. The van der Waals surface area contributed by atoms with Crippen molar-refractivity contribution in [2.75, 3.05) is 19.3 Å². The molecule has 0 saturated carbocycles. The molecule has 1 unspecified atom stereocenters. The summed E-state index contributed by atoms with van der Waals surface area (Å²) < 4.78 is 26.4. The summed E-state index contributed by atoms with van der Waals surface area (Å²) in [5.74, 6) is 0. The fourth-order valence-electron chi connectivity index (χ4n) is 2.10. The van der Waals surface area contributed by atoms with Gasteiger partial charge < -0.3 is 5.73 Å². The quantitative estimate of drug-likeness (QED) is 0.864. The van der Waals surface area contributed by atoms with Crippen molar-refractivity contribution < 1.29 is 8.42 Å². The molecule has 4 nitrogen and oxygen atoms in total. The molecule has 1 heterocycles. The van der Waals surface area contributed by atoms with Crippen molar-refractivity contribution in [1.82, 2.24) is 4.31 Å². The summed E-state index contributed by atoms with van der Waals surface area (Å²) >= 11 is 1.54. The van der Waals surface area contributed by atoms with Crippen LogP contribution >= 0.6 is 24.2 Å². The highest BCUT2D eigenvalue weighted by Crippen LogP contribution is 2.23. The first-order valence-electron chi connectivity index (χ1n) is 5.94. The average Bonchev–Trinajstić information content (AvgIpc) is 2.39. The lowest BCUT2D eigenvalue weighted by molar-refractivity contribution is 0.316. The van der Waals surface area contributed by atoms with Gasteiger partial charge in [0, 0.05) is 24.0 Å². The van der Waals surface area contributed by atoms with Crippen molar-refractivity contribution in [3.63, 3.8) is 0 Å². The fraction of sp³-hybridized carbons (Fsp3) is 0.500. The van der Waals surface area contributed by atoms with E-state index in [1.54, 1.807) is 18.2 Å². The highest BCUT2D eigenvalue weighted by Gasteiger charge is 2.28. The number of benzene rings is 1. The largest absolute Gasteiger partial charge is 0.327 e. The maximum Gasteiger partial charge on any atom is 0.243 e. The second-order valence-electron chi connectivity index (χ2n) is 4.44. The first kappa shape index (κ1) is 16.8. The first-order chi connectivity index (χ1) is 8.54. The SMILES string of the molecule is CSc1cccc(S(=O)(=O)N2CCCC(N)C2)c1.Cl. The molecule has 1 fully saturated rings. The van der Waals surface area contributed by atoms with Crippen LogP contribution in [0.2, 0.25) is 0 Å². The van der Waals surface area contributed by atoms with Gasteiger partial charge in [0.15, 0.2) is 0 Å². The maximum absolute atomic E-state index is 12.5. The van der Waals surface area contributed by atoms with E-state index in [-0.39, 0.29) is 18.4 Å². The molecule has 1 aliphatic heterocycles. The molecule has 1 saturated heterocycles. The molecule has 0 amide bonds. The van der Waals surface area contributed by atoms with Gasteiger partial charge in [0.1, 0.15) is 0 Å². The predicted octanol–water partition coefficient (Wildman–Crippen LogP) is 1.94. The topological polar surface area (TPSA) is 63.4 Å². The van der Waals surface area contributed by atoms with Crippen molar-refractivity contribution in [2.45, 2.75) is 28.7 Å². The minimum absolute atomic E-state index is 0. The van der Waals surface area contributed by atoms with Gasteiger partial charge in [-0.2, -0.15) is 4.31 Å². The van der Waals surface area contributed by atoms with Crippen molar-refractivity contribution in [3.8, 4) is 0 Å². The van der Waals surface area contributed by atoms with Crippen LogP contribution in [-0.2, 0) is 10.0 Å². The number of rotatable bonds is 3. The fourth-order valence-corrected chi connectivity index (χ4v) is 4.22. The van der Waals surface area contributed by atoms with Gasteiger partial charge in [0.05, 0.1) is 4.90 Å². The van der Waals surface area contributed by atoms with Crippen molar-refractivity contribution in [3.05, 3.63) is 24.3 Å². The minimum Gasteiger partial charge on any atom is -0.327 e. The lowest BCUT2D eigenvalue weighted by atomic mass is 10.1. The van der Waals surface area contributed by atoms with E-state index in [0.717, 1.165) is 17.7 Å². The summed E-state index contributed by atoms with van der Waals surface area (Å²) in [4.78, 5) is 1.32. The van der Waals surface area contributed by atoms with Gasteiger partial charge in [0.25, 0.3) is 0 Å². The molecule has 0 spiro atoms. The molecular formula is C12H19ClN2O2S2. The molecule has 1 aliphatic rings. The summed E-state index contributed by atoms with van der Waals surface area (Å²) in [6, 6.07) is 7.01. The third kappa shape index (κ3) is 3.86. The molecular weight excluding hydrogens is 304 g/mol. The van der Waals surface area contributed by atoms with Crippen molar-refractivity contribution in [1.29, 1.82) is 0 Å². The van der Waals surface area contributed by atoms with Crippen LogP contribution < -0.4 is 5.73 Å². The standard InChI is InChI=1S/C12H18N2O2S2.ClH/c1-17-11-5-2-6-12(8-11)18(15,16)14-7-3-4-10(13)9-14;/h2,5-6,8,10H,3-4,7,9,13H2,1H3;1H. The summed E-state index contributed by atoms with van der Waals surface area (Å²) in [7, 11) is -3.39. The number of halogens is 1. The number of thioether (sulfide) groups is 1. The Balaban J connectivity index is 0.00000180. The Kier molecular flexibility index (Phi) is 6.14. The molecule has 0 aromatic heterocycles. The Bertz CT molecular complexity index is 522. The number of hydrogen-bond acceptors (Lipinski definition) is 4. The van der Waals surface area contributed by atoms with E-state index in [1.165, 1.54) is 16.1 Å². The van der Waals surface area contributed by atoms with Crippen LogP contribution in [-0.4, -0.2) is 38.1 Å². The summed E-state index contributed by atoms with van der Waals surface area (Å²) in [6.45, 7) is 0.991. The Morgan fingerprint density at radius 1 is 1.42 bits per heavy atom. The van der Waals surface area contributed by atoms with E-state index in [4.69, 9.17) is 5.73 Å². The Morgan fingerprint density at radius 2 is 2.16 bits per heavy atom. The van der Waals surface area contributed by atoms with Crippen LogP contribution in [0, 0.1) is 0 Å². The summed E-state index contributed by atoms with van der Waals surface area (Å²) in [6.07, 6.45) is 3.67. The molecule has 0 bridgehead atoms. The molecule has 1 aromatic rings. The van der Waals surface area contributed by atoms with Crippen molar-refractivity contribution in [2.24, 2.45) is 5.73 Å². The van der Waals surface area contributed by atoms with Crippen LogP contribution in [0.1, 0.15) is 12.8 Å². The van der Waals surface area contributed by atoms with Crippen LogP contribution in [0.5, 0.6) is 0 Å². The Hall–Kier alpha value is -0.270. The molecule has 2 rings (SSSR count). The normalized spacial score (nSPS) is 20.8. The van der Waals surface area contributed by atoms with Crippen LogP contribution in [0.25, 0.3) is 0 Å². The maximum atomic E-state index is 12.5. The van der Waals surface area contributed by atoms with Gasteiger partial charge in [-0.25, -0.2) is 8.42 Å². The van der Waals surface area contributed by atoms with Crippen LogP contribution in [0.15, 0.2) is 34.1 Å². The average molecular weight is 323 g/mol. The molecule has 7 heteroatoms. The third-order valence-corrected chi connectivity index (χ3v) is 5.69. The second kappa shape index (κ2) is 6.95. The highest BCUT2D eigenvalue weighted by molar-refractivity contribution is 7.98. The highest BCUT2D eigenvalue weighted by atomic mass is 35.5. The molecule has 2 N–H and O–H groups in total. The minimum atomic E-state index is -3.39. The number of piperidine rings is 1. The zero-order valence-corrected chi connectivity index (χ0v) is 13.2. The molecule has 1 aromatic carbocycles. The third-order valence-electron chi connectivity index (χ3n) is 3.10. The number of hydrogen-bond donors (Lipinski definition) is 1. The van der Waals surface area contributed by atoms with Gasteiger partial charge in [-0.05, 0) is 37.3 Å². The van der Waals surface area contributed by atoms with E-state index >= 15 is 0 Å². The van der Waals surface area contributed by atoms with Gasteiger partial charge >= 0.3 is 0 Å². The second-order valence-corrected chi connectivity index (χ2v) is 7.26. The lowest BCUT2D eigenvalue weighted by Crippen LogP contribution is -2.45. The van der Waals surface area contributed by atoms with E-state index in [0.29, 0.717) is 18.0 Å². The Labute approximate surface area is 125 Å². The van der Waals surface area contributed by atoms with Crippen LogP contribution in [0.3, 0.4) is 0 Å². The smallest absolute Gasteiger partial charge is 0.243 e. The molecule has 0 radical (unpaired) electrons.